The molecular weight excluding hydrogens is 149 g/mol. The van der Waals surface area contributed by atoms with E-state index in [1.807, 2.05) is 0 Å². The number of aliphatic carboxylic acids is 1. The van der Waals surface area contributed by atoms with E-state index in [4.69, 9.17) is 5.11 Å². The molecule has 1 fully saturated rings. The van der Waals surface area contributed by atoms with Gasteiger partial charge in [-0.05, 0) is 25.9 Å². The number of hydrogen-bond donors (Lipinski definition) is 2. The van der Waals surface area contributed by atoms with Crippen LogP contribution in [0.1, 0.15) is 12.8 Å². The lowest BCUT2D eigenvalue weighted by atomic mass is 9.99. The van der Waals surface area contributed by atoms with Crippen LogP contribution in [-0.4, -0.2) is 30.3 Å². The summed E-state index contributed by atoms with van der Waals surface area (Å²) < 4.78 is 12.9. The van der Waals surface area contributed by atoms with Gasteiger partial charge in [0.15, 0.2) is 0 Å². The number of halogens is 1. The van der Waals surface area contributed by atoms with Crippen molar-refractivity contribution in [1.29, 1.82) is 0 Å². The predicted molar refractivity (Wildman–Crippen MR) is 38.1 cm³/mol. The Kier molecular flexibility index (Phi) is 2.82. The largest absolute Gasteiger partial charge is 0.481 e. The van der Waals surface area contributed by atoms with Crippen molar-refractivity contribution in [2.24, 2.45) is 5.92 Å². The van der Waals surface area contributed by atoms with Crippen LogP contribution in [0, 0.1) is 5.92 Å². The van der Waals surface area contributed by atoms with E-state index >= 15 is 0 Å². The minimum Gasteiger partial charge on any atom is -0.481 e. The molecule has 1 heterocycles. The Balaban J connectivity index is 2.52. The van der Waals surface area contributed by atoms with Crippen LogP contribution in [0.25, 0.3) is 0 Å². The first-order chi connectivity index (χ1) is 5.22. The van der Waals surface area contributed by atoms with Gasteiger partial charge in [-0.1, -0.05) is 0 Å². The maximum Gasteiger partial charge on any atom is 0.309 e. The summed E-state index contributed by atoms with van der Waals surface area (Å²) in [6, 6.07) is 0. The van der Waals surface area contributed by atoms with Gasteiger partial charge in [0.25, 0.3) is 0 Å². The third kappa shape index (κ3) is 2.15. The number of rotatable bonds is 1. The van der Waals surface area contributed by atoms with Crippen molar-refractivity contribution in [2.45, 2.75) is 19.0 Å². The highest BCUT2D eigenvalue weighted by Crippen LogP contribution is 2.17. The number of carbonyl (C=O) groups is 1. The Bertz CT molecular complexity index is 151. The number of alkyl halides is 1. The molecule has 1 aliphatic rings. The maximum absolute atomic E-state index is 12.9. The van der Waals surface area contributed by atoms with Gasteiger partial charge in [-0.3, -0.25) is 4.79 Å². The molecule has 11 heavy (non-hydrogen) atoms. The van der Waals surface area contributed by atoms with Crippen LogP contribution in [0.5, 0.6) is 0 Å². The van der Waals surface area contributed by atoms with E-state index in [9.17, 15) is 9.18 Å². The van der Waals surface area contributed by atoms with Gasteiger partial charge >= 0.3 is 5.97 Å². The van der Waals surface area contributed by atoms with Crippen LogP contribution >= 0.6 is 0 Å². The second kappa shape index (κ2) is 3.67. The Labute approximate surface area is 64.6 Å². The molecule has 0 amide bonds. The smallest absolute Gasteiger partial charge is 0.309 e. The molecule has 0 radical (unpaired) electrons. The summed E-state index contributed by atoms with van der Waals surface area (Å²) in [6.45, 7) is 1.20. The fourth-order valence-electron chi connectivity index (χ4n) is 1.28. The van der Waals surface area contributed by atoms with E-state index in [1.165, 1.54) is 0 Å². The Morgan fingerprint density at radius 3 is 2.73 bits per heavy atom. The lowest BCUT2D eigenvalue weighted by molar-refractivity contribution is -0.144. The van der Waals surface area contributed by atoms with Gasteiger partial charge in [-0.2, -0.15) is 0 Å². The van der Waals surface area contributed by atoms with Crippen molar-refractivity contribution in [2.75, 3.05) is 13.1 Å². The topological polar surface area (TPSA) is 49.3 Å². The number of carboxylic acids is 1. The highest BCUT2D eigenvalue weighted by molar-refractivity contribution is 5.70. The van der Waals surface area contributed by atoms with Gasteiger partial charge in [-0.25, -0.2) is 4.39 Å². The number of hydrogen-bond acceptors (Lipinski definition) is 2. The molecule has 0 aromatic carbocycles. The van der Waals surface area contributed by atoms with Gasteiger partial charge < -0.3 is 10.4 Å². The SMILES string of the molecule is O=C(O)[C@@H]1CCNCC[C@H]1F. The average molecular weight is 161 g/mol. The van der Waals surface area contributed by atoms with Crippen molar-refractivity contribution in [3.63, 3.8) is 0 Å². The molecule has 3 nitrogen and oxygen atoms in total. The first-order valence-corrected chi connectivity index (χ1v) is 3.79. The minimum absolute atomic E-state index is 0.316. The van der Waals surface area contributed by atoms with Crippen LogP contribution < -0.4 is 5.32 Å². The Hall–Kier alpha value is -0.640. The van der Waals surface area contributed by atoms with Gasteiger partial charge in [0, 0.05) is 0 Å². The van der Waals surface area contributed by atoms with E-state index in [0.717, 1.165) is 0 Å². The fourth-order valence-corrected chi connectivity index (χ4v) is 1.28. The zero-order valence-corrected chi connectivity index (χ0v) is 6.22. The molecule has 64 valence electrons. The monoisotopic (exact) mass is 161 g/mol. The molecule has 1 aliphatic heterocycles. The molecule has 2 N–H and O–H groups in total. The van der Waals surface area contributed by atoms with Crippen molar-refractivity contribution in [3.8, 4) is 0 Å². The third-order valence-electron chi connectivity index (χ3n) is 1.98. The highest BCUT2D eigenvalue weighted by Gasteiger charge is 2.28. The van der Waals surface area contributed by atoms with Crippen LogP contribution in [0.4, 0.5) is 4.39 Å². The van der Waals surface area contributed by atoms with Crippen molar-refractivity contribution < 1.29 is 14.3 Å². The molecule has 0 saturated carbocycles. The van der Waals surface area contributed by atoms with E-state index in [-0.39, 0.29) is 0 Å². The molecule has 1 rings (SSSR count). The molecule has 4 heteroatoms. The molecule has 0 aromatic heterocycles. The summed E-state index contributed by atoms with van der Waals surface area (Å²) >= 11 is 0. The summed E-state index contributed by atoms with van der Waals surface area (Å²) in [5.41, 5.74) is 0. The van der Waals surface area contributed by atoms with Gasteiger partial charge in [-0.15, -0.1) is 0 Å². The van der Waals surface area contributed by atoms with Crippen molar-refractivity contribution in [3.05, 3.63) is 0 Å². The summed E-state index contributed by atoms with van der Waals surface area (Å²) in [7, 11) is 0. The predicted octanol–water partition coefficient (Wildman–Crippen LogP) is 0.409. The standard InChI is InChI=1S/C7H12FNO2/c8-6-2-4-9-3-1-5(6)7(10)11/h5-6,9H,1-4H2,(H,10,11)/t5-,6-/m1/s1. The van der Waals surface area contributed by atoms with Crippen LogP contribution in [-0.2, 0) is 4.79 Å². The third-order valence-corrected chi connectivity index (χ3v) is 1.98. The average Bonchev–Trinajstić information content (AvgIpc) is 2.13. The van der Waals surface area contributed by atoms with Crippen molar-refractivity contribution in [1.82, 2.24) is 5.32 Å². The summed E-state index contributed by atoms with van der Waals surface area (Å²) in [6.07, 6.45) is -0.463. The van der Waals surface area contributed by atoms with E-state index in [1.54, 1.807) is 0 Å². The van der Waals surface area contributed by atoms with Gasteiger partial charge in [0.1, 0.15) is 6.17 Å². The minimum atomic E-state index is -1.18. The van der Waals surface area contributed by atoms with Crippen LogP contribution in [0.3, 0.4) is 0 Å². The van der Waals surface area contributed by atoms with Gasteiger partial charge in [0.05, 0.1) is 5.92 Å². The Morgan fingerprint density at radius 1 is 1.45 bits per heavy atom. The molecule has 0 aromatic rings. The second-order valence-electron chi connectivity index (χ2n) is 2.79. The lowest BCUT2D eigenvalue weighted by Gasteiger charge is -2.11. The quantitative estimate of drug-likeness (QED) is 0.585. The van der Waals surface area contributed by atoms with E-state index in [2.05, 4.69) is 5.32 Å². The second-order valence-corrected chi connectivity index (χ2v) is 2.79. The van der Waals surface area contributed by atoms with Crippen molar-refractivity contribution >= 4 is 5.97 Å². The van der Waals surface area contributed by atoms with Crippen LogP contribution in [0.15, 0.2) is 0 Å². The molecule has 2 atom stereocenters. The van der Waals surface area contributed by atoms with Crippen LogP contribution in [0.2, 0.25) is 0 Å². The van der Waals surface area contributed by atoms with E-state index in [0.29, 0.717) is 25.9 Å². The van der Waals surface area contributed by atoms with E-state index < -0.39 is 18.1 Å². The summed E-state index contributed by atoms with van der Waals surface area (Å²) in [5.74, 6) is -1.81. The molecule has 0 spiro atoms. The number of carboxylic acid groups (broad SMARTS) is 1. The normalized spacial score (nSPS) is 32.8. The number of nitrogens with one attached hydrogen (secondary N) is 1. The molecule has 0 bridgehead atoms. The maximum atomic E-state index is 12.9. The Morgan fingerprint density at radius 2 is 2.09 bits per heavy atom. The molecular formula is C7H12FNO2. The zero-order valence-electron chi connectivity index (χ0n) is 6.22. The molecule has 0 aliphatic carbocycles. The fraction of sp³-hybridized carbons (Fsp3) is 0.857. The lowest BCUT2D eigenvalue weighted by Crippen LogP contribution is -2.24. The first-order valence-electron chi connectivity index (χ1n) is 3.79. The molecule has 0 unspecified atom stereocenters. The first kappa shape index (κ1) is 8.46. The molecule has 1 saturated heterocycles. The zero-order chi connectivity index (χ0) is 8.27. The highest BCUT2D eigenvalue weighted by atomic mass is 19.1. The summed E-state index contributed by atoms with van der Waals surface area (Å²) in [5, 5.41) is 11.5. The van der Waals surface area contributed by atoms with Gasteiger partial charge in [0.2, 0.25) is 0 Å². The summed E-state index contributed by atoms with van der Waals surface area (Å²) in [4.78, 5) is 10.4.